The average molecular weight is 423 g/mol. The average Bonchev–Trinajstić information content (AvgIpc) is 2.95. The molecule has 31 heavy (non-hydrogen) atoms. The number of nitrogens with zero attached hydrogens (tertiary/aromatic N) is 4. The molecule has 4 nitrogen and oxygen atoms in total. The number of halogens is 4. The highest BCUT2D eigenvalue weighted by Crippen LogP contribution is 2.46. The van der Waals surface area contributed by atoms with Gasteiger partial charge in [-0.05, 0) is 13.8 Å². The molecule has 0 saturated heterocycles. The van der Waals surface area contributed by atoms with Gasteiger partial charge in [0.05, 0.1) is 22.6 Å². The summed E-state index contributed by atoms with van der Waals surface area (Å²) < 4.78 is 60.4. The highest BCUT2D eigenvalue weighted by Gasteiger charge is 2.45. The first-order chi connectivity index (χ1) is 14.6. The van der Waals surface area contributed by atoms with Crippen LogP contribution < -0.4 is 0 Å². The molecule has 1 heterocycles. The van der Waals surface area contributed by atoms with Gasteiger partial charge in [-0.1, -0.05) is 18.2 Å². The molecular weight excluding hydrogens is 408 g/mol. The molecule has 1 aromatic carbocycles. The van der Waals surface area contributed by atoms with Gasteiger partial charge in [-0.3, -0.25) is 0 Å². The maximum atomic E-state index is 14.8. The van der Waals surface area contributed by atoms with E-state index in [9.17, 15) is 22.8 Å². The molecule has 2 aliphatic rings. The zero-order chi connectivity index (χ0) is 23.1. The standard InChI is InChI=1S/C23H15F4N4/c1-23(2)14-6-4-5-7-15(14)31(3)16(23)8-12(9-28)17-19(24)21(26)18(13(10-29)11-30)22(27)20(17)25/h4-8,17H,1-3H3/q+1/b12-8+. The second-order valence-corrected chi connectivity index (χ2v) is 7.53. The largest absolute Gasteiger partial charge is 0.209 e. The SMILES string of the molecule is C[N+]1=C(/C=C(\C#N)C2C(F)=C(F)C(=C(C#N)C#N)C(F)=C2F)C(C)(C)c2ccccc21. The van der Waals surface area contributed by atoms with Crippen LogP contribution in [-0.2, 0) is 5.41 Å². The van der Waals surface area contributed by atoms with Crippen LogP contribution >= 0.6 is 0 Å². The minimum atomic E-state index is -2.26. The van der Waals surface area contributed by atoms with Crippen molar-refractivity contribution in [2.24, 2.45) is 5.92 Å². The predicted molar refractivity (Wildman–Crippen MR) is 104 cm³/mol. The Labute approximate surface area is 176 Å². The second kappa shape index (κ2) is 7.70. The number of fused-ring (bicyclic) bond motifs is 1. The molecule has 1 aliphatic carbocycles. The molecule has 0 spiro atoms. The van der Waals surface area contributed by atoms with Gasteiger partial charge in [0, 0.05) is 17.7 Å². The Bertz CT molecular complexity index is 1240. The molecule has 0 amide bonds. The monoisotopic (exact) mass is 423 g/mol. The van der Waals surface area contributed by atoms with Crippen molar-refractivity contribution in [2.45, 2.75) is 19.3 Å². The van der Waals surface area contributed by atoms with Crippen molar-refractivity contribution in [1.29, 1.82) is 15.8 Å². The maximum Gasteiger partial charge on any atom is 0.209 e. The molecular formula is C23H15F4N4+. The molecule has 1 aromatic rings. The predicted octanol–water partition coefficient (Wildman–Crippen LogP) is 5.42. The molecule has 0 fully saturated rings. The van der Waals surface area contributed by atoms with E-state index < -0.39 is 51.4 Å². The summed E-state index contributed by atoms with van der Waals surface area (Å²) in [7, 11) is 1.71. The summed E-state index contributed by atoms with van der Waals surface area (Å²) in [6.45, 7) is 3.70. The molecule has 0 bridgehead atoms. The summed E-state index contributed by atoms with van der Waals surface area (Å²) in [5, 5.41) is 27.3. The number of rotatable bonds is 2. The summed E-state index contributed by atoms with van der Waals surface area (Å²) in [6, 6.07) is 11.4. The van der Waals surface area contributed by atoms with Gasteiger partial charge in [0.2, 0.25) is 5.69 Å². The third kappa shape index (κ3) is 3.16. The molecule has 0 atom stereocenters. The Balaban J connectivity index is 2.22. The molecule has 0 saturated carbocycles. The highest BCUT2D eigenvalue weighted by atomic mass is 19.2. The first kappa shape index (κ1) is 21.7. The van der Waals surface area contributed by atoms with E-state index in [0.717, 1.165) is 11.3 Å². The summed E-state index contributed by atoms with van der Waals surface area (Å²) >= 11 is 0. The lowest BCUT2D eigenvalue weighted by molar-refractivity contribution is -0.401. The Morgan fingerprint density at radius 3 is 2.00 bits per heavy atom. The van der Waals surface area contributed by atoms with E-state index in [-0.39, 0.29) is 0 Å². The molecule has 0 aromatic heterocycles. The first-order valence-electron chi connectivity index (χ1n) is 9.09. The van der Waals surface area contributed by atoms with Gasteiger partial charge < -0.3 is 0 Å². The molecule has 0 unspecified atom stereocenters. The lowest BCUT2D eigenvalue weighted by atomic mass is 9.79. The first-order valence-corrected chi connectivity index (χ1v) is 9.09. The highest BCUT2D eigenvalue weighted by molar-refractivity contribution is 6.03. The number of nitriles is 3. The van der Waals surface area contributed by atoms with Crippen LogP contribution in [0.25, 0.3) is 0 Å². The molecule has 0 N–H and O–H groups in total. The fourth-order valence-electron chi connectivity index (χ4n) is 3.92. The van der Waals surface area contributed by atoms with E-state index in [0.29, 0.717) is 5.71 Å². The van der Waals surface area contributed by atoms with E-state index in [2.05, 4.69) is 0 Å². The molecule has 8 heteroatoms. The van der Waals surface area contributed by atoms with Gasteiger partial charge in [0.15, 0.2) is 29.0 Å². The van der Waals surface area contributed by atoms with Crippen LogP contribution in [0.5, 0.6) is 0 Å². The number of para-hydroxylation sites is 1. The topological polar surface area (TPSA) is 74.4 Å². The quantitative estimate of drug-likeness (QED) is 0.362. The summed E-state index contributed by atoms with van der Waals surface area (Å²) in [5.74, 6) is -9.57. The third-order valence-electron chi connectivity index (χ3n) is 5.51. The summed E-state index contributed by atoms with van der Waals surface area (Å²) in [5.41, 5.74) is -1.47. The fourth-order valence-corrected chi connectivity index (χ4v) is 3.92. The van der Waals surface area contributed by atoms with E-state index in [1.807, 2.05) is 38.1 Å². The Hall–Kier alpha value is -3.96. The smallest absolute Gasteiger partial charge is 0.207 e. The van der Waals surface area contributed by atoms with E-state index in [1.165, 1.54) is 18.2 Å². The lowest BCUT2D eigenvalue weighted by Gasteiger charge is -2.21. The van der Waals surface area contributed by atoms with Gasteiger partial charge in [0.25, 0.3) is 0 Å². The van der Waals surface area contributed by atoms with Crippen molar-refractivity contribution in [2.75, 3.05) is 7.05 Å². The van der Waals surface area contributed by atoms with Crippen LogP contribution in [0.2, 0.25) is 0 Å². The fraction of sp³-hybridized carbons (Fsp3) is 0.217. The van der Waals surface area contributed by atoms with Crippen molar-refractivity contribution in [3.05, 3.63) is 75.9 Å². The normalized spacial score (nSPS) is 20.3. The van der Waals surface area contributed by atoms with Crippen LogP contribution in [0.15, 0.2) is 70.4 Å². The van der Waals surface area contributed by atoms with Gasteiger partial charge in [-0.15, -0.1) is 0 Å². The Morgan fingerprint density at radius 1 is 0.968 bits per heavy atom. The van der Waals surface area contributed by atoms with E-state index >= 15 is 0 Å². The minimum absolute atomic E-state index is 0.503. The third-order valence-corrected chi connectivity index (χ3v) is 5.51. The number of hydrogen-bond donors (Lipinski definition) is 0. The lowest BCUT2D eigenvalue weighted by Crippen LogP contribution is -2.28. The Morgan fingerprint density at radius 2 is 1.52 bits per heavy atom. The minimum Gasteiger partial charge on any atom is -0.207 e. The second-order valence-electron chi connectivity index (χ2n) is 7.53. The van der Waals surface area contributed by atoms with Gasteiger partial charge in [-0.2, -0.15) is 20.4 Å². The van der Waals surface area contributed by atoms with Crippen LogP contribution in [0, 0.1) is 39.9 Å². The van der Waals surface area contributed by atoms with Crippen LogP contribution in [0.4, 0.5) is 23.2 Å². The summed E-state index contributed by atoms with van der Waals surface area (Å²) in [6.07, 6.45) is 1.22. The van der Waals surface area contributed by atoms with Gasteiger partial charge in [-0.25, -0.2) is 17.6 Å². The van der Waals surface area contributed by atoms with Crippen molar-refractivity contribution >= 4 is 11.4 Å². The van der Waals surface area contributed by atoms with Crippen molar-refractivity contribution < 1.29 is 22.1 Å². The molecule has 3 rings (SSSR count). The van der Waals surface area contributed by atoms with Crippen molar-refractivity contribution in [3.63, 3.8) is 0 Å². The molecule has 1 aliphatic heterocycles. The van der Waals surface area contributed by atoms with Gasteiger partial charge in [0.1, 0.15) is 30.7 Å². The van der Waals surface area contributed by atoms with Gasteiger partial charge >= 0.3 is 0 Å². The zero-order valence-electron chi connectivity index (χ0n) is 16.8. The summed E-state index contributed by atoms with van der Waals surface area (Å²) in [4.78, 5) is 0. The van der Waals surface area contributed by atoms with Crippen molar-refractivity contribution in [1.82, 2.24) is 0 Å². The van der Waals surface area contributed by atoms with Crippen LogP contribution in [0.1, 0.15) is 19.4 Å². The Kier molecular flexibility index (Phi) is 5.40. The zero-order valence-corrected chi connectivity index (χ0v) is 16.8. The van der Waals surface area contributed by atoms with E-state index in [4.69, 9.17) is 10.5 Å². The number of benzene rings is 1. The maximum absolute atomic E-state index is 14.8. The van der Waals surface area contributed by atoms with Crippen LogP contribution in [-0.4, -0.2) is 17.3 Å². The van der Waals surface area contributed by atoms with E-state index in [1.54, 1.807) is 17.7 Å². The van der Waals surface area contributed by atoms with Crippen LogP contribution in [0.3, 0.4) is 0 Å². The molecule has 0 radical (unpaired) electrons. The van der Waals surface area contributed by atoms with Crippen molar-refractivity contribution in [3.8, 4) is 18.2 Å². The number of hydrogen-bond acceptors (Lipinski definition) is 3. The number of allylic oxidation sites excluding steroid dienone is 8. The molecule has 154 valence electrons.